The largest absolute Gasteiger partial charge is 0.387 e. The Morgan fingerprint density at radius 2 is 1.93 bits per heavy atom. The SMILES string of the molecule is CCO[C@H]1OC(C(N)=O)[C@@H](O)C(O)[C@@H]1O. The summed E-state index contributed by atoms with van der Waals surface area (Å²) in [7, 11) is 0. The Balaban J connectivity index is 2.75. The van der Waals surface area contributed by atoms with E-state index in [2.05, 4.69) is 0 Å². The van der Waals surface area contributed by atoms with E-state index in [0.717, 1.165) is 0 Å². The molecule has 1 fully saturated rings. The molecular weight excluding hydrogens is 206 g/mol. The van der Waals surface area contributed by atoms with E-state index >= 15 is 0 Å². The molecule has 0 aromatic rings. The number of primary amides is 1. The first-order chi connectivity index (χ1) is 6.99. The highest BCUT2D eigenvalue weighted by atomic mass is 16.7. The lowest BCUT2D eigenvalue weighted by molar-refractivity contribution is -0.288. The van der Waals surface area contributed by atoms with Crippen molar-refractivity contribution in [3.63, 3.8) is 0 Å². The predicted octanol–water partition coefficient (Wildman–Crippen LogP) is -2.68. The van der Waals surface area contributed by atoms with E-state index in [-0.39, 0.29) is 6.61 Å². The fraction of sp³-hybridized carbons (Fsp3) is 0.875. The summed E-state index contributed by atoms with van der Waals surface area (Å²) >= 11 is 0. The van der Waals surface area contributed by atoms with Crippen LogP contribution in [0.3, 0.4) is 0 Å². The Hall–Kier alpha value is -0.730. The van der Waals surface area contributed by atoms with E-state index in [1.54, 1.807) is 6.92 Å². The van der Waals surface area contributed by atoms with Gasteiger partial charge in [0.15, 0.2) is 12.4 Å². The number of carbonyl (C=O) groups excluding carboxylic acids is 1. The smallest absolute Gasteiger partial charge is 0.249 e. The zero-order valence-electron chi connectivity index (χ0n) is 8.24. The van der Waals surface area contributed by atoms with Gasteiger partial charge in [0.05, 0.1) is 0 Å². The van der Waals surface area contributed by atoms with E-state index < -0.39 is 36.6 Å². The molecule has 0 saturated carbocycles. The number of aliphatic hydroxyl groups is 3. The molecule has 1 rings (SSSR count). The standard InChI is InChI=1S/C8H15NO6/c1-2-14-8-5(12)3(10)4(11)6(15-8)7(9)13/h3-6,8,10-12H,2H2,1H3,(H2,9,13)/t3?,4-,5-,6?,8-/m0/s1. The molecule has 2 unspecified atom stereocenters. The summed E-state index contributed by atoms with van der Waals surface area (Å²) in [6.45, 7) is 1.89. The minimum Gasteiger partial charge on any atom is -0.387 e. The summed E-state index contributed by atoms with van der Waals surface area (Å²) in [5.74, 6) is -0.918. The van der Waals surface area contributed by atoms with Crippen LogP contribution in [0, 0.1) is 0 Å². The van der Waals surface area contributed by atoms with Crippen LogP contribution in [0.5, 0.6) is 0 Å². The first-order valence-electron chi connectivity index (χ1n) is 4.59. The number of nitrogens with two attached hydrogens (primary N) is 1. The third-order valence-electron chi connectivity index (χ3n) is 2.18. The fourth-order valence-electron chi connectivity index (χ4n) is 1.39. The van der Waals surface area contributed by atoms with Crippen molar-refractivity contribution in [3.8, 4) is 0 Å². The average Bonchev–Trinajstić information content (AvgIpc) is 2.18. The van der Waals surface area contributed by atoms with Crippen molar-refractivity contribution in [2.45, 2.75) is 37.6 Å². The van der Waals surface area contributed by atoms with Gasteiger partial charge in [-0.2, -0.15) is 0 Å². The van der Waals surface area contributed by atoms with Crippen molar-refractivity contribution < 1.29 is 29.6 Å². The summed E-state index contributed by atoms with van der Waals surface area (Å²) in [6, 6.07) is 0. The Labute approximate surface area is 86.4 Å². The maximum Gasteiger partial charge on any atom is 0.249 e. The van der Waals surface area contributed by atoms with Crippen LogP contribution in [0.4, 0.5) is 0 Å². The van der Waals surface area contributed by atoms with E-state index in [1.165, 1.54) is 0 Å². The molecular formula is C8H15NO6. The van der Waals surface area contributed by atoms with Crippen LogP contribution in [-0.2, 0) is 14.3 Å². The molecule has 1 saturated heterocycles. The molecule has 7 heteroatoms. The zero-order valence-corrected chi connectivity index (χ0v) is 8.24. The van der Waals surface area contributed by atoms with Gasteiger partial charge >= 0.3 is 0 Å². The maximum atomic E-state index is 10.9. The third-order valence-corrected chi connectivity index (χ3v) is 2.18. The van der Waals surface area contributed by atoms with Crippen LogP contribution < -0.4 is 5.73 Å². The Bertz CT molecular complexity index is 235. The average molecular weight is 221 g/mol. The second-order valence-corrected chi connectivity index (χ2v) is 3.25. The minimum absolute atomic E-state index is 0.232. The fourth-order valence-corrected chi connectivity index (χ4v) is 1.39. The molecule has 15 heavy (non-hydrogen) atoms. The van der Waals surface area contributed by atoms with E-state index in [0.29, 0.717) is 0 Å². The molecule has 0 aromatic carbocycles. The molecule has 88 valence electrons. The molecule has 5 atom stereocenters. The van der Waals surface area contributed by atoms with Crippen molar-refractivity contribution in [3.05, 3.63) is 0 Å². The number of rotatable bonds is 3. The molecule has 0 spiro atoms. The Morgan fingerprint density at radius 1 is 1.33 bits per heavy atom. The highest BCUT2D eigenvalue weighted by Gasteiger charge is 2.46. The number of hydrogen-bond acceptors (Lipinski definition) is 6. The monoisotopic (exact) mass is 221 g/mol. The van der Waals surface area contributed by atoms with Crippen molar-refractivity contribution >= 4 is 5.91 Å². The van der Waals surface area contributed by atoms with Crippen LogP contribution in [0.2, 0.25) is 0 Å². The molecule has 0 aromatic heterocycles. The first kappa shape index (κ1) is 12.3. The predicted molar refractivity (Wildman–Crippen MR) is 47.5 cm³/mol. The molecule has 0 aliphatic carbocycles. The second-order valence-electron chi connectivity index (χ2n) is 3.25. The summed E-state index contributed by atoms with van der Waals surface area (Å²) in [5, 5.41) is 28.2. The van der Waals surface area contributed by atoms with Crippen LogP contribution >= 0.6 is 0 Å². The van der Waals surface area contributed by atoms with Crippen LogP contribution in [-0.4, -0.2) is 58.5 Å². The molecule has 1 aliphatic heterocycles. The highest BCUT2D eigenvalue weighted by Crippen LogP contribution is 2.21. The normalized spacial score (nSPS) is 41.5. The number of carbonyl (C=O) groups is 1. The van der Waals surface area contributed by atoms with E-state index in [9.17, 15) is 20.1 Å². The van der Waals surface area contributed by atoms with E-state index in [4.69, 9.17) is 15.2 Å². The second kappa shape index (κ2) is 4.86. The van der Waals surface area contributed by atoms with Gasteiger partial charge in [0.25, 0.3) is 0 Å². The molecule has 1 aliphatic rings. The van der Waals surface area contributed by atoms with Gasteiger partial charge in [-0.1, -0.05) is 0 Å². The summed E-state index contributed by atoms with van der Waals surface area (Å²) in [6.07, 6.45) is -7.01. The lowest BCUT2D eigenvalue weighted by Gasteiger charge is -2.38. The van der Waals surface area contributed by atoms with Gasteiger partial charge in [0.2, 0.25) is 5.91 Å². The topological polar surface area (TPSA) is 122 Å². The van der Waals surface area contributed by atoms with Crippen molar-refractivity contribution in [1.82, 2.24) is 0 Å². The van der Waals surface area contributed by atoms with Gasteiger partial charge in [-0.15, -0.1) is 0 Å². The lowest BCUT2D eigenvalue weighted by Crippen LogP contribution is -2.61. The van der Waals surface area contributed by atoms with Gasteiger partial charge in [-0.25, -0.2) is 0 Å². The first-order valence-corrected chi connectivity index (χ1v) is 4.59. The Morgan fingerprint density at radius 3 is 2.40 bits per heavy atom. The molecule has 0 bridgehead atoms. The number of ether oxygens (including phenoxy) is 2. The molecule has 0 radical (unpaired) electrons. The van der Waals surface area contributed by atoms with Crippen molar-refractivity contribution in [2.75, 3.05) is 6.61 Å². The minimum atomic E-state index is -1.55. The maximum absolute atomic E-state index is 10.9. The molecule has 7 nitrogen and oxygen atoms in total. The molecule has 1 heterocycles. The summed E-state index contributed by atoms with van der Waals surface area (Å²) < 4.78 is 9.87. The van der Waals surface area contributed by atoms with E-state index in [1.807, 2.05) is 0 Å². The molecule has 5 N–H and O–H groups in total. The van der Waals surface area contributed by atoms with Crippen molar-refractivity contribution in [1.29, 1.82) is 0 Å². The summed E-state index contributed by atoms with van der Waals surface area (Å²) in [4.78, 5) is 10.9. The van der Waals surface area contributed by atoms with Gasteiger partial charge in [0.1, 0.15) is 18.3 Å². The number of hydrogen-bond donors (Lipinski definition) is 4. The zero-order chi connectivity index (χ0) is 11.6. The van der Waals surface area contributed by atoms with Gasteiger partial charge in [-0.3, -0.25) is 4.79 Å². The van der Waals surface area contributed by atoms with Gasteiger partial charge < -0.3 is 30.5 Å². The lowest BCUT2D eigenvalue weighted by atomic mass is 9.98. The highest BCUT2D eigenvalue weighted by molar-refractivity contribution is 5.79. The summed E-state index contributed by atoms with van der Waals surface area (Å²) in [5.41, 5.74) is 4.95. The van der Waals surface area contributed by atoms with Crippen LogP contribution in [0.15, 0.2) is 0 Å². The van der Waals surface area contributed by atoms with Gasteiger partial charge in [-0.05, 0) is 6.92 Å². The number of amides is 1. The Kier molecular flexibility index (Phi) is 4.00. The molecule has 1 amide bonds. The van der Waals surface area contributed by atoms with Gasteiger partial charge in [0, 0.05) is 6.61 Å². The van der Waals surface area contributed by atoms with Crippen LogP contribution in [0.25, 0.3) is 0 Å². The van der Waals surface area contributed by atoms with Crippen LogP contribution in [0.1, 0.15) is 6.92 Å². The third kappa shape index (κ3) is 2.44. The van der Waals surface area contributed by atoms with Crippen molar-refractivity contribution in [2.24, 2.45) is 5.73 Å². The quantitative estimate of drug-likeness (QED) is 0.412. The number of aliphatic hydroxyl groups excluding tert-OH is 3.